The standard InChI is InChI=1S/C15H24O2/c1-11-9-10-14(15(11,4)5)8-6-7-12(2)17-13(3)16/h6,8-9,12,14H,7,10H2,1-5H3/b8-6+. The molecular formula is C15H24O2. The molecule has 0 aromatic carbocycles. The molecule has 0 spiro atoms. The second-order valence-electron chi connectivity index (χ2n) is 5.53. The van der Waals surface area contributed by atoms with Crippen LogP contribution in [0.15, 0.2) is 23.8 Å². The summed E-state index contributed by atoms with van der Waals surface area (Å²) < 4.78 is 5.08. The maximum atomic E-state index is 10.8. The molecule has 96 valence electrons. The smallest absolute Gasteiger partial charge is 0.302 e. The highest BCUT2D eigenvalue weighted by Crippen LogP contribution is 2.43. The molecule has 0 radical (unpaired) electrons. The zero-order valence-corrected chi connectivity index (χ0v) is 11.6. The van der Waals surface area contributed by atoms with E-state index < -0.39 is 0 Å². The van der Waals surface area contributed by atoms with E-state index in [2.05, 4.69) is 39.0 Å². The molecule has 0 N–H and O–H groups in total. The maximum Gasteiger partial charge on any atom is 0.302 e. The van der Waals surface area contributed by atoms with E-state index in [4.69, 9.17) is 4.74 Å². The van der Waals surface area contributed by atoms with Crippen molar-refractivity contribution in [3.8, 4) is 0 Å². The number of hydrogen-bond acceptors (Lipinski definition) is 2. The van der Waals surface area contributed by atoms with Crippen molar-refractivity contribution in [2.45, 2.75) is 53.6 Å². The highest BCUT2D eigenvalue weighted by molar-refractivity contribution is 5.66. The number of hydrogen-bond donors (Lipinski definition) is 0. The number of esters is 1. The normalized spacial score (nSPS) is 24.8. The molecular weight excluding hydrogens is 212 g/mol. The van der Waals surface area contributed by atoms with Gasteiger partial charge in [-0.3, -0.25) is 4.79 Å². The minimum atomic E-state index is -0.204. The first-order valence-corrected chi connectivity index (χ1v) is 6.35. The van der Waals surface area contributed by atoms with Crippen LogP contribution in [0.3, 0.4) is 0 Å². The molecule has 0 bridgehead atoms. The Kier molecular flexibility index (Phi) is 4.55. The van der Waals surface area contributed by atoms with Crippen LogP contribution in [0.2, 0.25) is 0 Å². The Morgan fingerprint density at radius 1 is 1.65 bits per heavy atom. The average Bonchev–Trinajstić information content (AvgIpc) is 2.43. The van der Waals surface area contributed by atoms with Gasteiger partial charge < -0.3 is 4.74 Å². The third kappa shape index (κ3) is 3.72. The average molecular weight is 236 g/mol. The molecule has 0 aliphatic heterocycles. The summed E-state index contributed by atoms with van der Waals surface area (Å²) in [5.74, 6) is 0.372. The highest BCUT2D eigenvalue weighted by Gasteiger charge is 2.32. The monoisotopic (exact) mass is 236 g/mol. The van der Waals surface area contributed by atoms with Gasteiger partial charge in [-0.2, -0.15) is 0 Å². The van der Waals surface area contributed by atoms with Gasteiger partial charge in [0.1, 0.15) is 6.10 Å². The van der Waals surface area contributed by atoms with Crippen molar-refractivity contribution in [3.63, 3.8) is 0 Å². The van der Waals surface area contributed by atoms with Crippen LogP contribution >= 0.6 is 0 Å². The molecule has 2 atom stereocenters. The lowest BCUT2D eigenvalue weighted by Crippen LogP contribution is -2.18. The fraction of sp³-hybridized carbons (Fsp3) is 0.667. The Morgan fingerprint density at radius 3 is 2.76 bits per heavy atom. The number of ether oxygens (including phenoxy) is 1. The predicted molar refractivity (Wildman–Crippen MR) is 70.6 cm³/mol. The minimum absolute atomic E-state index is 0.0256. The first kappa shape index (κ1) is 14.0. The highest BCUT2D eigenvalue weighted by atomic mass is 16.5. The van der Waals surface area contributed by atoms with Crippen molar-refractivity contribution in [1.82, 2.24) is 0 Å². The third-order valence-electron chi connectivity index (χ3n) is 3.82. The van der Waals surface area contributed by atoms with Gasteiger partial charge in [-0.25, -0.2) is 0 Å². The molecule has 0 saturated heterocycles. The number of carbonyl (C=O) groups is 1. The van der Waals surface area contributed by atoms with Crippen molar-refractivity contribution < 1.29 is 9.53 Å². The van der Waals surface area contributed by atoms with Crippen LogP contribution in [0.25, 0.3) is 0 Å². The van der Waals surface area contributed by atoms with E-state index in [0.717, 1.165) is 12.8 Å². The van der Waals surface area contributed by atoms with Gasteiger partial charge in [0, 0.05) is 13.3 Å². The van der Waals surface area contributed by atoms with Gasteiger partial charge in [0.05, 0.1) is 0 Å². The fourth-order valence-electron chi connectivity index (χ4n) is 2.24. The second-order valence-corrected chi connectivity index (χ2v) is 5.53. The van der Waals surface area contributed by atoms with Crippen molar-refractivity contribution in [2.24, 2.45) is 11.3 Å². The molecule has 2 nitrogen and oxygen atoms in total. The molecule has 2 heteroatoms. The van der Waals surface area contributed by atoms with Gasteiger partial charge >= 0.3 is 5.97 Å². The van der Waals surface area contributed by atoms with Gasteiger partial charge in [-0.15, -0.1) is 0 Å². The molecule has 0 amide bonds. The summed E-state index contributed by atoms with van der Waals surface area (Å²) in [7, 11) is 0. The molecule has 0 fully saturated rings. The van der Waals surface area contributed by atoms with Gasteiger partial charge in [0.15, 0.2) is 0 Å². The topological polar surface area (TPSA) is 26.3 Å². The van der Waals surface area contributed by atoms with E-state index in [0.29, 0.717) is 5.92 Å². The van der Waals surface area contributed by atoms with E-state index in [1.54, 1.807) is 0 Å². The van der Waals surface area contributed by atoms with Crippen LogP contribution in [0.1, 0.15) is 47.5 Å². The van der Waals surface area contributed by atoms with Crippen LogP contribution in [0, 0.1) is 11.3 Å². The van der Waals surface area contributed by atoms with E-state index in [1.165, 1.54) is 12.5 Å². The van der Waals surface area contributed by atoms with Crippen LogP contribution in [-0.2, 0) is 9.53 Å². The van der Waals surface area contributed by atoms with Crippen LogP contribution < -0.4 is 0 Å². The maximum absolute atomic E-state index is 10.8. The SMILES string of the molecule is CC(=O)OC(C)C/C=C/C1CC=C(C)C1(C)C. The minimum Gasteiger partial charge on any atom is -0.463 e. The Labute approximate surface area is 105 Å². The van der Waals surface area contributed by atoms with E-state index in [1.807, 2.05) is 6.92 Å². The summed E-state index contributed by atoms with van der Waals surface area (Å²) in [5, 5.41) is 0. The summed E-state index contributed by atoms with van der Waals surface area (Å²) in [4.78, 5) is 10.8. The van der Waals surface area contributed by atoms with Crippen molar-refractivity contribution >= 4 is 5.97 Å². The van der Waals surface area contributed by atoms with Gasteiger partial charge in [-0.05, 0) is 31.6 Å². The summed E-state index contributed by atoms with van der Waals surface area (Å²) in [6.45, 7) is 10.2. The Balaban J connectivity index is 2.43. The van der Waals surface area contributed by atoms with E-state index in [-0.39, 0.29) is 17.5 Å². The Bertz CT molecular complexity index is 337. The zero-order chi connectivity index (χ0) is 13.1. The van der Waals surface area contributed by atoms with Crippen molar-refractivity contribution in [1.29, 1.82) is 0 Å². The first-order valence-electron chi connectivity index (χ1n) is 6.35. The zero-order valence-electron chi connectivity index (χ0n) is 11.6. The lowest BCUT2D eigenvalue weighted by molar-refractivity contribution is -0.145. The molecule has 2 unspecified atom stereocenters. The van der Waals surface area contributed by atoms with Gasteiger partial charge in [0.2, 0.25) is 0 Å². The van der Waals surface area contributed by atoms with Crippen molar-refractivity contribution in [3.05, 3.63) is 23.8 Å². The van der Waals surface area contributed by atoms with E-state index in [9.17, 15) is 4.79 Å². The Hall–Kier alpha value is -1.05. The molecule has 0 aromatic rings. The lowest BCUT2D eigenvalue weighted by atomic mass is 9.77. The fourth-order valence-corrected chi connectivity index (χ4v) is 2.24. The molecule has 1 aliphatic rings. The summed E-state index contributed by atoms with van der Waals surface area (Å²) >= 11 is 0. The quantitative estimate of drug-likeness (QED) is 0.547. The van der Waals surface area contributed by atoms with E-state index >= 15 is 0 Å². The van der Waals surface area contributed by atoms with Crippen LogP contribution in [0.5, 0.6) is 0 Å². The molecule has 0 aromatic heterocycles. The Morgan fingerprint density at radius 2 is 2.29 bits per heavy atom. The molecule has 17 heavy (non-hydrogen) atoms. The van der Waals surface area contributed by atoms with Crippen LogP contribution in [-0.4, -0.2) is 12.1 Å². The van der Waals surface area contributed by atoms with Gasteiger partial charge in [-0.1, -0.05) is 37.6 Å². The summed E-state index contributed by atoms with van der Waals surface area (Å²) in [6.07, 6.45) is 8.63. The third-order valence-corrected chi connectivity index (χ3v) is 3.82. The summed E-state index contributed by atoms with van der Waals surface area (Å²) in [6, 6.07) is 0. The number of carbonyl (C=O) groups excluding carboxylic acids is 1. The molecule has 1 aliphatic carbocycles. The van der Waals surface area contributed by atoms with Crippen molar-refractivity contribution in [2.75, 3.05) is 0 Å². The van der Waals surface area contributed by atoms with Crippen LogP contribution in [0.4, 0.5) is 0 Å². The van der Waals surface area contributed by atoms with Gasteiger partial charge in [0.25, 0.3) is 0 Å². The largest absolute Gasteiger partial charge is 0.463 e. The molecule has 0 heterocycles. The second kappa shape index (κ2) is 5.52. The summed E-state index contributed by atoms with van der Waals surface area (Å²) in [5.41, 5.74) is 1.74. The number of allylic oxidation sites excluding steroid dienone is 3. The number of rotatable bonds is 4. The first-order chi connectivity index (χ1) is 7.84. The molecule has 1 rings (SSSR count). The molecule has 0 saturated carbocycles. The predicted octanol–water partition coefficient (Wildman–Crippen LogP) is 3.88. The lowest BCUT2D eigenvalue weighted by Gasteiger charge is -2.27.